The van der Waals surface area contributed by atoms with Crippen LogP contribution in [0.3, 0.4) is 0 Å². The van der Waals surface area contributed by atoms with E-state index in [0.717, 1.165) is 17.7 Å². The van der Waals surface area contributed by atoms with Crippen molar-refractivity contribution in [2.45, 2.75) is 18.3 Å². The van der Waals surface area contributed by atoms with Gasteiger partial charge in [0.1, 0.15) is 0 Å². The van der Waals surface area contributed by atoms with Crippen LogP contribution in [0, 0.1) is 11.6 Å². The van der Waals surface area contributed by atoms with Crippen molar-refractivity contribution in [1.82, 2.24) is 4.90 Å². The van der Waals surface area contributed by atoms with Gasteiger partial charge in [0, 0.05) is 31.9 Å². The lowest BCUT2D eigenvalue weighted by atomic mass is 9.71. The Morgan fingerprint density at radius 3 is 2.29 bits per heavy atom. The summed E-state index contributed by atoms with van der Waals surface area (Å²) in [4.78, 5) is 28.5. The highest BCUT2D eigenvalue weighted by atomic mass is 19.2. The maximum atomic E-state index is 13.7. The van der Waals surface area contributed by atoms with E-state index in [2.05, 4.69) is 6.58 Å². The van der Waals surface area contributed by atoms with E-state index < -0.39 is 17.0 Å². The molecule has 3 rings (SSSR count). The first-order valence-corrected chi connectivity index (χ1v) is 9.09. The van der Waals surface area contributed by atoms with Crippen LogP contribution in [0.25, 0.3) is 0 Å². The minimum Gasteiger partial charge on any atom is -0.339 e. The Morgan fingerprint density at radius 1 is 1.07 bits per heavy atom. The van der Waals surface area contributed by atoms with E-state index in [1.54, 1.807) is 11.9 Å². The Balaban J connectivity index is 1.95. The number of carbonyl (C=O) groups is 2. The predicted octanol–water partition coefficient (Wildman–Crippen LogP) is 3.67. The third-order valence-electron chi connectivity index (χ3n) is 5.43. The van der Waals surface area contributed by atoms with Crippen LogP contribution < -0.4 is 4.90 Å². The second-order valence-corrected chi connectivity index (χ2v) is 6.94. The molecule has 0 unspecified atom stereocenters. The van der Waals surface area contributed by atoms with E-state index >= 15 is 0 Å². The van der Waals surface area contributed by atoms with Gasteiger partial charge in [-0.1, -0.05) is 36.9 Å². The number of likely N-dealkylation sites (N-methyl/N-ethyl adjacent to an activating group) is 1. The monoisotopic (exact) mass is 384 g/mol. The van der Waals surface area contributed by atoms with Crippen molar-refractivity contribution in [3.63, 3.8) is 0 Å². The summed E-state index contributed by atoms with van der Waals surface area (Å²) >= 11 is 0. The van der Waals surface area contributed by atoms with Crippen LogP contribution in [-0.2, 0) is 15.0 Å². The Hall–Kier alpha value is -3.02. The summed E-state index contributed by atoms with van der Waals surface area (Å²) in [5.74, 6) is -2.34. The Labute approximate surface area is 163 Å². The van der Waals surface area contributed by atoms with Gasteiger partial charge < -0.3 is 9.80 Å². The summed E-state index contributed by atoms with van der Waals surface area (Å²) in [5, 5.41) is 0. The van der Waals surface area contributed by atoms with Gasteiger partial charge in [-0.25, -0.2) is 8.78 Å². The third kappa shape index (κ3) is 3.54. The fourth-order valence-electron chi connectivity index (χ4n) is 3.75. The maximum Gasteiger partial charge on any atom is 0.245 e. The highest BCUT2D eigenvalue weighted by molar-refractivity contribution is 6.01. The SMILES string of the molecule is C=CC(=O)N1CCC(C(=O)N(C)c2ccc(F)c(F)c2)(c2ccccc2)CC1. The zero-order valence-corrected chi connectivity index (χ0v) is 15.7. The molecule has 0 spiro atoms. The molecule has 0 bridgehead atoms. The smallest absolute Gasteiger partial charge is 0.245 e. The molecule has 0 radical (unpaired) electrons. The zero-order chi connectivity index (χ0) is 20.3. The molecular formula is C22H22F2N2O2. The molecule has 1 saturated heterocycles. The topological polar surface area (TPSA) is 40.6 Å². The van der Waals surface area contributed by atoms with Crippen LogP contribution in [0.2, 0.25) is 0 Å². The lowest BCUT2D eigenvalue weighted by molar-refractivity contribution is -0.132. The molecule has 1 aliphatic heterocycles. The van der Waals surface area contributed by atoms with Crippen molar-refractivity contribution in [3.8, 4) is 0 Å². The van der Waals surface area contributed by atoms with Crippen LogP contribution in [-0.4, -0.2) is 36.9 Å². The van der Waals surface area contributed by atoms with E-state index in [9.17, 15) is 18.4 Å². The zero-order valence-electron chi connectivity index (χ0n) is 15.7. The molecule has 1 aliphatic rings. The number of anilines is 1. The largest absolute Gasteiger partial charge is 0.339 e. The number of nitrogens with zero attached hydrogens (tertiary/aromatic N) is 2. The quantitative estimate of drug-likeness (QED) is 0.755. The molecule has 0 aromatic heterocycles. The fraction of sp³-hybridized carbons (Fsp3) is 0.273. The van der Waals surface area contributed by atoms with Gasteiger partial charge in [0.2, 0.25) is 11.8 Å². The Kier molecular flexibility index (Phi) is 5.58. The molecule has 0 N–H and O–H groups in total. The standard InChI is InChI=1S/C22H22F2N2O2/c1-3-20(27)26-13-11-22(12-14-26,16-7-5-4-6-8-16)21(28)25(2)17-9-10-18(23)19(24)15-17/h3-10,15H,1,11-14H2,2H3. The summed E-state index contributed by atoms with van der Waals surface area (Å²) in [6.45, 7) is 4.34. The number of likely N-dealkylation sites (tertiary alicyclic amines) is 1. The van der Waals surface area contributed by atoms with Gasteiger partial charge in [0.15, 0.2) is 11.6 Å². The minimum absolute atomic E-state index is 0.164. The predicted molar refractivity (Wildman–Crippen MR) is 104 cm³/mol. The fourth-order valence-corrected chi connectivity index (χ4v) is 3.75. The van der Waals surface area contributed by atoms with E-state index in [4.69, 9.17) is 0 Å². The average molecular weight is 384 g/mol. The minimum atomic E-state index is -1.00. The molecule has 0 atom stereocenters. The lowest BCUT2D eigenvalue weighted by Gasteiger charge is -2.42. The van der Waals surface area contributed by atoms with E-state index in [-0.39, 0.29) is 17.5 Å². The van der Waals surface area contributed by atoms with Gasteiger partial charge in [0.25, 0.3) is 0 Å². The summed E-state index contributed by atoms with van der Waals surface area (Å²) in [5.41, 5.74) is 0.280. The third-order valence-corrected chi connectivity index (χ3v) is 5.43. The second-order valence-electron chi connectivity index (χ2n) is 6.94. The second kappa shape index (κ2) is 7.92. The normalized spacial score (nSPS) is 15.8. The summed E-state index contributed by atoms with van der Waals surface area (Å²) in [6.07, 6.45) is 2.14. The number of benzene rings is 2. The van der Waals surface area contributed by atoms with Gasteiger partial charge in [0.05, 0.1) is 5.41 Å². The van der Waals surface area contributed by atoms with Crippen molar-refractivity contribution in [1.29, 1.82) is 0 Å². The van der Waals surface area contributed by atoms with Crippen LogP contribution >= 0.6 is 0 Å². The van der Waals surface area contributed by atoms with Crippen LogP contribution in [0.4, 0.5) is 14.5 Å². The molecule has 2 amide bonds. The van der Waals surface area contributed by atoms with E-state index in [0.29, 0.717) is 25.9 Å². The molecule has 0 saturated carbocycles. The van der Waals surface area contributed by atoms with E-state index in [1.165, 1.54) is 17.0 Å². The number of amides is 2. The van der Waals surface area contributed by atoms with Gasteiger partial charge in [-0.05, 0) is 36.6 Å². The van der Waals surface area contributed by atoms with Crippen molar-refractivity contribution in [2.75, 3.05) is 25.0 Å². The number of carbonyl (C=O) groups excluding carboxylic acids is 2. The summed E-state index contributed by atoms with van der Waals surface area (Å²) in [6, 6.07) is 12.8. The van der Waals surface area contributed by atoms with Gasteiger partial charge in [-0.15, -0.1) is 0 Å². The van der Waals surface area contributed by atoms with Crippen LogP contribution in [0.5, 0.6) is 0 Å². The van der Waals surface area contributed by atoms with Crippen molar-refractivity contribution in [2.24, 2.45) is 0 Å². The Morgan fingerprint density at radius 2 is 1.71 bits per heavy atom. The molecule has 4 nitrogen and oxygen atoms in total. The first-order chi connectivity index (χ1) is 13.4. The number of piperidine rings is 1. The molecule has 28 heavy (non-hydrogen) atoms. The van der Waals surface area contributed by atoms with Crippen LogP contribution in [0.15, 0.2) is 61.2 Å². The molecule has 1 heterocycles. The van der Waals surface area contributed by atoms with Crippen molar-refractivity contribution >= 4 is 17.5 Å². The molecular weight excluding hydrogens is 362 g/mol. The van der Waals surface area contributed by atoms with E-state index in [1.807, 2.05) is 30.3 Å². The Bertz CT molecular complexity index is 891. The van der Waals surface area contributed by atoms with Gasteiger partial charge in [-0.2, -0.15) is 0 Å². The van der Waals surface area contributed by atoms with Crippen molar-refractivity contribution in [3.05, 3.63) is 78.4 Å². The summed E-state index contributed by atoms with van der Waals surface area (Å²) in [7, 11) is 1.56. The molecule has 2 aromatic rings. The number of hydrogen-bond acceptors (Lipinski definition) is 2. The lowest BCUT2D eigenvalue weighted by Crippen LogP contribution is -2.53. The summed E-state index contributed by atoms with van der Waals surface area (Å²) < 4.78 is 27.0. The number of hydrogen-bond donors (Lipinski definition) is 0. The highest BCUT2D eigenvalue weighted by Gasteiger charge is 2.45. The average Bonchev–Trinajstić information content (AvgIpc) is 2.74. The first kappa shape index (κ1) is 19.7. The highest BCUT2D eigenvalue weighted by Crippen LogP contribution is 2.38. The number of rotatable bonds is 4. The molecule has 1 fully saturated rings. The van der Waals surface area contributed by atoms with Gasteiger partial charge >= 0.3 is 0 Å². The van der Waals surface area contributed by atoms with Crippen LogP contribution in [0.1, 0.15) is 18.4 Å². The molecule has 0 aliphatic carbocycles. The molecule has 146 valence electrons. The van der Waals surface area contributed by atoms with Gasteiger partial charge in [-0.3, -0.25) is 9.59 Å². The number of halogens is 2. The first-order valence-electron chi connectivity index (χ1n) is 9.09. The maximum absolute atomic E-state index is 13.7. The molecule has 6 heteroatoms. The van der Waals surface area contributed by atoms with Crippen molar-refractivity contribution < 1.29 is 18.4 Å². The molecule has 2 aromatic carbocycles.